The molecule has 2 rings (SSSR count). The van der Waals surface area contributed by atoms with Crippen LogP contribution in [0.5, 0.6) is 0 Å². The highest BCUT2D eigenvalue weighted by molar-refractivity contribution is 5.77. The highest BCUT2D eigenvalue weighted by atomic mass is 15.2. The molecule has 1 aromatic rings. The topological polar surface area (TPSA) is 53.6 Å². The van der Waals surface area contributed by atoms with Crippen molar-refractivity contribution in [2.24, 2.45) is 10.7 Å². The van der Waals surface area contributed by atoms with Crippen molar-refractivity contribution in [1.29, 1.82) is 0 Å². The third-order valence-electron chi connectivity index (χ3n) is 3.84. The Bertz CT molecular complexity index is 415. The van der Waals surface area contributed by atoms with Crippen molar-refractivity contribution >= 4 is 5.96 Å². The Hall–Kier alpha value is -1.55. The zero-order valence-electron chi connectivity index (χ0n) is 11.8. The average molecular weight is 260 g/mol. The number of guanidine groups is 1. The minimum atomic E-state index is 0.450. The summed E-state index contributed by atoms with van der Waals surface area (Å²) in [6.45, 7) is 4.42. The molecule has 0 saturated carbocycles. The smallest absolute Gasteiger partial charge is 0.188 e. The van der Waals surface area contributed by atoms with Crippen molar-refractivity contribution in [3.8, 4) is 0 Å². The van der Waals surface area contributed by atoms with Crippen LogP contribution in [0.3, 0.4) is 0 Å². The lowest BCUT2D eigenvalue weighted by Crippen LogP contribution is -2.50. The van der Waals surface area contributed by atoms with E-state index in [0.29, 0.717) is 18.0 Å². The fourth-order valence-corrected chi connectivity index (χ4v) is 2.68. The van der Waals surface area contributed by atoms with Gasteiger partial charge in [0.25, 0.3) is 0 Å². The number of hydrogen-bond donors (Lipinski definition) is 2. The summed E-state index contributed by atoms with van der Waals surface area (Å²) >= 11 is 0. The number of nitrogens with zero attached hydrogens (tertiary/aromatic N) is 2. The van der Waals surface area contributed by atoms with Crippen LogP contribution in [0.4, 0.5) is 0 Å². The van der Waals surface area contributed by atoms with Crippen molar-refractivity contribution in [3.63, 3.8) is 0 Å². The summed E-state index contributed by atoms with van der Waals surface area (Å²) in [7, 11) is 1.72. The van der Waals surface area contributed by atoms with Gasteiger partial charge >= 0.3 is 0 Å². The van der Waals surface area contributed by atoms with Crippen LogP contribution in [-0.4, -0.2) is 36.5 Å². The van der Waals surface area contributed by atoms with Crippen molar-refractivity contribution in [2.45, 2.75) is 38.4 Å². The molecule has 1 heterocycles. The Balaban J connectivity index is 1.87. The highest BCUT2D eigenvalue weighted by Crippen LogP contribution is 2.19. The van der Waals surface area contributed by atoms with E-state index in [4.69, 9.17) is 5.73 Å². The second kappa shape index (κ2) is 6.57. The molecule has 2 unspecified atom stereocenters. The lowest BCUT2D eigenvalue weighted by atomic mass is 9.97. The van der Waals surface area contributed by atoms with E-state index in [-0.39, 0.29) is 0 Å². The standard InChI is InChI=1S/C15H24N4/c1-12-10-14(18-15(16)17-2)8-9-19(12)11-13-6-4-3-5-7-13/h3-7,12,14H,8-11H2,1-2H3,(H3,16,17,18). The molecule has 104 valence electrons. The maximum absolute atomic E-state index is 5.73. The number of nitrogens with two attached hydrogens (primary N) is 1. The summed E-state index contributed by atoms with van der Waals surface area (Å²) in [5.41, 5.74) is 7.12. The highest BCUT2D eigenvalue weighted by Gasteiger charge is 2.25. The Morgan fingerprint density at radius 1 is 1.42 bits per heavy atom. The molecule has 1 saturated heterocycles. The average Bonchev–Trinajstić information content (AvgIpc) is 2.43. The van der Waals surface area contributed by atoms with Gasteiger partial charge in [-0.2, -0.15) is 0 Å². The molecule has 1 aromatic carbocycles. The van der Waals surface area contributed by atoms with Gasteiger partial charge in [0.1, 0.15) is 0 Å². The van der Waals surface area contributed by atoms with Gasteiger partial charge in [-0.15, -0.1) is 0 Å². The largest absolute Gasteiger partial charge is 0.370 e. The number of benzene rings is 1. The van der Waals surface area contributed by atoms with Gasteiger partial charge in [0.15, 0.2) is 5.96 Å². The second-order valence-corrected chi connectivity index (χ2v) is 5.28. The summed E-state index contributed by atoms with van der Waals surface area (Å²) in [4.78, 5) is 6.50. The van der Waals surface area contributed by atoms with Crippen LogP contribution in [0.2, 0.25) is 0 Å². The predicted octanol–water partition coefficient (Wildman–Crippen LogP) is 1.57. The van der Waals surface area contributed by atoms with Gasteiger partial charge in [0, 0.05) is 32.2 Å². The van der Waals surface area contributed by atoms with Gasteiger partial charge in [0.05, 0.1) is 0 Å². The quantitative estimate of drug-likeness (QED) is 0.641. The monoisotopic (exact) mass is 260 g/mol. The van der Waals surface area contributed by atoms with E-state index in [1.165, 1.54) is 5.56 Å². The van der Waals surface area contributed by atoms with Gasteiger partial charge in [-0.1, -0.05) is 30.3 Å². The minimum absolute atomic E-state index is 0.450. The molecule has 1 aliphatic rings. The van der Waals surface area contributed by atoms with E-state index in [2.05, 4.69) is 52.5 Å². The van der Waals surface area contributed by atoms with Crippen molar-refractivity contribution in [3.05, 3.63) is 35.9 Å². The third kappa shape index (κ3) is 3.96. The van der Waals surface area contributed by atoms with Crippen LogP contribution in [0.15, 0.2) is 35.3 Å². The molecule has 19 heavy (non-hydrogen) atoms. The molecule has 3 N–H and O–H groups in total. The molecule has 0 amide bonds. The third-order valence-corrected chi connectivity index (χ3v) is 3.84. The molecule has 4 heteroatoms. The molecule has 0 radical (unpaired) electrons. The maximum atomic E-state index is 5.73. The molecule has 4 nitrogen and oxygen atoms in total. The molecule has 1 fully saturated rings. The first-order chi connectivity index (χ1) is 9.19. The molecule has 0 spiro atoms. The summed E-state index contributed by atoms with van der Waals surface area (Å²) in [5.74, 6) is 0.550. The zero-order valence-corrected chi connectivity index (χ0v) is 11.8. The first-order valence-electron chi connectivity index (χ1n) is 6.96. The molecular formula is C15H24N4. The Labute approximate surface area is 115 Å². The fourth-order valence-electron chi connectivity index (χ4n) is 2.68. The van der Waals surface area contributed by atoms with E-state index in [1.807, 2.05) is 0 Å². The molecule has 0 bridgehead atoms. The summed E-state index contributed by atoms with van der Waals surface area (Å²) in [5, 5.41) is 3.28. The van der Waals surface area contributed by atoms with Crippen LogP contribution in [0, 0.1) is 0 Å². The van der Waals surface area contributed by atoms with E-state index in [1.54, 1.807) is 7.05 Å². The van der Waals surface area contributed by atoms with E-state index < -0.39 is 0 Å². The number of piperidine rings is 1. The number of likely N-dealkylation sites (tertiary alicyclic amines) is 1. The number of nitrogens with one attached hydrogen (secondary N) is 1. The summed E-state index contributed by atoms with van der Waals surface area (Å²) in [6, 6.07) is 11.7. The lowest BCUT2D eigenvalue weighted by molar-refractivity contribution is 0.134. The lowest BCUT2D eigenvalue weighted by Gasteiger charge is -2.38. The van der Waals surface area contributed by atoms with Gasteiger partial charge in [-0.25, -0.2) is 0 Å². The Kier molecular flexibility index (Phi) is 4.80. The SMILES string of the molecule is CN=C(N)NC1CCN(Cc2ccccc2)C(C)C1. The number of hydrogen-bond acceptors (Lipinski definition) is 2. The Morgan fingerprint density at radius 2 is 2.16 bits per heavy atom. The van der Waals surface area contributed by atoms with Crippen LogP contribution < -0.4 is 11.1 Å². The van der Waals surface area contributed by atoms with Crippen LogP contribution in [-0.2, 0) is 6.54 Å². The van der Waals surface area contributed by atoms with E-state index >= 15 is 0 Å². The zero-order chi connectivity index (χ0) is 13.7. The van der Waals surface area contributed by atoms with Crippen molar-refractivity contribution in [2.75, 3.05) is 13.6 Å². The fraction of sp³-hybridized carbons (Fsp3) is 0.533. The molecule has 1 aliphatic heterocycles. The number of aliphatic imine (C=N–C) groups is 1. The first kappa shape index (κ1) is 13.9. The normalized spacial score (nSPS) is 25.3. The van der Waals surface area contributed by atoms with Crippen LogP contribution in [0.1, 0.15) is 25.3 Å². The number of rotatable bonds is 3. The maximum Gasteiger partial charge on any atom is 0.188 e. The van der Waals surface area contributed by atoms with Gasteiger partial charge in [0.2, 0.25) is 0 Å². The molecular weight excluding hydrogens is 236 g/mol. The van der Waals surface area contributed by atoms with Crippen molar-refractivity contribution < 1.29 is 0 Å². The van der Waals surface area contributed by atoms with E-state index in [9.17, 15) is 0 Å². The van der Waals surface area contributed by atoms with Crippen LogP contribution in [0.25, 0.3) is 0 Å². The second-order valence-electron chi connectivity index (χ2n) is 5.28. The predicted molar refractivity (Wildman–Crippen MR) is 80.0 cm³/mol. The van der Waals surface area contributed by atoms with Gasteiger partial charge in [-0.05, 0) is 25.3 Å². The van der Waals surface area contributed by atoms with Crippen molar-refractivity contribution in [1.82, 2.24) is 10.2 Å². The first-order valence-corrected chi connectivity index (χ1v) is 6.96. The van der Waals surface area contributed by atoms with E-state index in [0.717, 1.165) is 25.9 Å². The Morgan fingerprint density at radius 3 is 2.79 bits per heavy atom. The summed E-state index contributed by atoms with van der Waals surface area (Å²) in [6.07, 6.45) is 2.23. The van der Waals surface area contributed by atoms with Gasteiger partial charge < -0.3 is 11.1 Å². The molecule has 0 aromatic heterocycles. The van der Waals surface area contributed by atoms with Crippen LogP contribution >= 0.6 is 0 Å². The molecule has 2 atom stereocenters. The molecule has 0 aliphatic carbocycles. The minimum Gasteiger partial charge on any atom is -0.370 e. The van der Waals surface area contributed by atoms with Gasteiger partial charge in [-0.3, -0.25) is 9.89 Å². The summed E-state index contributed by atoms with van der Waals surface area (Å²) < 4.78 is 0.